The molecule has 1 saturated heterocycles. The lowest BCUT2D eigenvalue weighted by atomic mass is 10.2. The fraction of sp³-hybridized carbons (Fsp3) is 0.435. The van der Waals surface area contributed by atoms with E-state index in [1.807, 2.05) is 41.1 Å². The smallest absolute Gasteiger partial charge is 0.307 e. The lowest BCUT2D eigenvalue weighted by Crippen LogP contribution is -2.40. The molecule has 1 unspecified atom stereocenters. The van der Waals surface area contributed by atoms with Crippen molar-refractivity contribution >= 4 is 29.1 Å². The van der Waals surface area contributed by atoms with Gasteiger partial charge in [0, 0.05) is 19.6 Å². The summed E-state index contributed by atoms with van der Waals surface area (Å²) in [5, 5.41) is 3.85. The average Bonchev–Trinajstić information content (AvgIpc) is 3.25. The van der Waals surface area contributed by atoms with Crippen LogP contribution in [0.1, 0.15) is 17.5 Å². The van der Waals surface area contributed by atoms with Crippen LogP contribution in [0.25, 0.3) is 0 Å². The Morgan fingerprint density at radius 3 is 2.72 bits per heavy atom. The number of methoxy groups -OCH3 is 2. The number of ether oxygens (including phenoxy) is 3. The first kappa shape index (κ1) is 23.7. The number of nitrogens with zero attached hydrogens (tertiary/aromatic N) is 2. The van der Waals surface area contributed by atoms with Gasteiger partial charge in [-0.25, -0.2) is 0 Å². The lowest BCUT2D eigenvalue weighted by molar-refractivity contribution is -0.142. The maximum Gasteiger partial charge on any atom is 0.307 e. The molecule has 8 nitrogen and oxygen atoms in total. The molecule has 2 heterocycles. The molecule has 1 atom stereocenters. The molecule has 3 rings (SSSR count). The Kier molecular flexibility index (Phi) is 8.64. The van der Waals surface area contributed by atoms with Crippen LogP contribution in [0.2, 0.25) is 0 Å². The van der Waals surface area contributed by atoms with Gasteiger partial charge in [0.05, 0.1) is 46.3 Å². The molecular formula is C23H28N2O6S. The van der Waals surface area contributed by atoms with Crippen LogP contribution in [-0.4, -0.2) is 74.1 Å². The number of esters is 1. The van der Waals surface area contributed by atoms with E-state index in [0.29, 0.717) is 19.7 Å². The van der Waals surface area contributed by atoms with Crippen molar-refractivity contribution in [2.45, 2.75) is 25.6 Å². The van der Waals surface area contributed by atoms with Gasteiger partial charge in [-0.2, -0.15) is 11.3 Å². The van der Waals surface area contributed by atoms with Gasteiger partial charge in [0.1, 0.15) is 5.75 Å². The van der Waals surface area contributed by atoms with E-state index < -0.39 is 6.10 Å². The molecule has 2 aromatic rings. The second-order valence-electron chi connectivity index (χ2n) is 7.53. The van der Waals surface area contributed by atoms with E-state index in [4.69, 9.17) is 14.2 Å². The Bertz CT molecular complexity index is 917. The van der Waals surface area contributed by atoms with Gasteiger partial charge in [-0.15, -0.1) is 0 Å². The standard InChI is InChI=1S/C23H28N2O6S/c1-29-19-5-3-4-17(10-19)15-31-20-12-24(8-6-23(28)30-2)22(27)14-25(13-20)21(26)11-18-7-9-32-16-18/h3-5,7,9-10,16,20H,6,8,11-15H2,1-2H3. The fourth-order valence-corrected chi connectivity index (χ4v) is 4.14. The molecule has 32 heavy (non-hydrogen) atoms. The zero-order chi connectivity index (χ0) is 22.9. The van der Waals surface area contributed by atoms with E-state index in [-0.39, 0.29) is 43.7 Å². The van der Waals surface area contributed by atoms with Crippen molar-refractivity contribution in [3.05, 3.63) is 52.2 Å². The first-order valence-electron chi connectivity index (χ1n) is 10.4. The molecule has 1 aliphatic rings. The van der Waals surface area contributed by atoms with E-state index in [9.17, 15) is 14.4 Å². The summed E-state index contributed by atoms with van der Waals surface area (Å²) >= 11 is 1.53. The molecule has 0 aliphatic carbocycles. The van der Waals surface area contributed by atoms with Gasteiger partial charge in [0.2, 0.25) is 11.8 Å². The summed E-state index contributed by atoms with van der Waals surface area (Å²) in [5.41, 5.74) is 1.85. The van der Waals surface area contributed by atoms with Gasteiger partial charge in [-0.05, 0) is 40.1 Å². The molecule has 9 heteroatoms. The van der Waals surface area contributed by atoms with E-state index in [1.165, 1.54) is 18.4 Å². The number of amides is 2. The number of carbonyl (C=O) groups excluding carboxylic acids is 3. The Hall–Kier alpha value is -2.91. The van der Waals surface area contributed by atoms with Crippen LogP contribution in [0.3, 0.4) is 0 Å². The predicted molar refractivity (Wildman–Crippen MR) is 119 cm³/mol. The highest BCUT2D eigenvalue weighted by molar-refractivity contribution is 7.08. The number of hydrogen-bond donors (Lipinski definition) is 0. The largest absolute Gasteiger partial charge is 0.497 e. The van der Waals surface area contributed by atoms with Crippen LogP contribution in [-0.2, 0) is 36.9 Å². The van der Waals surface area contributed by atoms with E-state index in [0.717, 1.165) is 16.9 Å². The third-order valence-corrected chi connectivity index (χ3v) is 5.98. The van der Waals surface area contributed by atoms with Crippen molar-refractivity contribution in [2.24, 2.45) is 0 Å². The zero-order valence-electron chi connectivity index (χ0n) is 18.3. The van der Waals surface area contributed by atoms with Gasteiger partial charge in [0.25, 0.3) is 0 Å². The maximum absolute atomic E-state index is 12.9. The summed E-state index contributed by atoms with van der Waals surface area (Å²) in [4.78, 5) is 40.5. The van der Waals surface area contributed by atoms with Gasteiger partial charge < -0.3 is 24.0 Å². The summed E-state index contributed by atoms with van der Waals surface area (Å²) in [6, 6.07) is 9.46. The number of benzene rings is 1. The highest BCUT2D eigenvalue weighted by Crippen LogP contribution is 2.17. The van der Waals surface area contributed by atoms with Crippen molar-refractivity contribution in [3.8, 4) is 5.75 Å². The topological polar surface area (TPSA) is 85.4 Å². The monoisotopic (exact) mass is 460 g/mol. The van der Waals surface area contributed by atoms with Crippen LogP contribution in [0.4, 0.5) is 0 Å². The summed E-state index contributed by atoms with van der Waals surface area (Å²) < 4.78 is 16.1. The predicted octanol–water partition coefficient (Wildman–Crippen LogP) is 2.12. The molecule has 0 bridgehead atoms. The normalized spacial score (nSPS) is 16.6. The molecule has 172 valence electrons. The third kappa shape index (κ3) is 6.80. The average molecular weight is 461 g/mol. The number of thiophene rings is 1. The Labute approximate surface area is 191 Å². The molecular weight excluding hydrogens is 432 g/mol. The van der Waals surface area contributed by atoms with Crippen molar-refractivity contribution in [1.29, 1.82) is 0 Å². The summed E-state index contributed by atoms with van der Waals surface area (Å²) in [6.07, 6.45) is -0.0633. The van der Waals surface area contributed by atoms with Gasteiger partial charge in [-0.3, -0.25) is 14.4 Å². The molecule has 0 radical (unpaired) electrons. The van der Waals surface area contributed by atoms with E-state index in [2.05, 4.69) is 0 Å². The Morgan fingerprint density at radius 2 is 2.00 bits per heavy atom. The van der Waals surface area contributed by atoms with Crippen LogP contribution in [0.15, 0.2) is 41.1 Å². The molecule has 1 fully saturated rings. The minimum Gasteiger partial charge on any atom is -0.497 e. The Morgan fingerprint density at radius 1 is 1.16 bits per heavy atom. The summed E-state index contributed by atoms with van der Waals surface area (Å²) in [6.45, 7) is 1.09. The number of rotatable bonds is 9. The van der Waals surface area contributed by atoms with Gasteiger partial charge in [0.15, 0.2) is 0 Å². The highest BCUT2D eigenvalue weighted by Gasteiger charge is 2.31. The van der Waals surface area contributed by atoms with Crippen molar-refractivity contribution in [3.63, 3.8) is 0 Å². The van der Waals surface area contributed by atoms with Crippen LogP contribution in [0.5, 0.6) is 5.75 Å². The second kappa shape index (κ2) is 11.6. The van der Waals surface area contributed by atoms with Crippen molar-refractivity contribution in [1.82, 2.24) is 9.80 Å². The minimum atomic E-state index is -0.392. The van der Waals surface area contributed by atoms with Gasteiger partial charge in [-0.1, -0.05) is 12.1 Å². The molecule has 0 N–H and O–H groups in total. The number of carbonyl (C=O) groups is 3. The zero-order valence-corrected chi connectivity index (χ0v) is 19.1. The second-order valence-corrected chi connectivity index (χ2v) is 8.31. The van der Waals surface area contributed by atoms with E-state index in [1.54, 1.807) is 16.9 Å². The van der Waals surface area contributed by atoms with Crippen LogP contribution >= 0.6 is 11.3 Å². The molecule has 1 aromatic carbocycles. The molecule has 0 spiro atoms. The summed E-state index contributed by atoms with van der Waals surface area (Å²) in [7, 11) is 2.92. The quantitative estimate of drug-likeness (QED) is 0.533. The third-order valence-electron chi connectivity index (χ3n) is 5.25. The SMILES string of the molecule is COC(=O)CCN1CC(OCc2cccc(OC)c2)CN(C(=O)Cc2ccsc2)CC1=O. The molecule has 0 saturated carbocycles. The van der Waals surface area contributed by atoms with Crippen molar-refractivity contribution < 1.29 is 28.6 Å². The molecule has 2 amide bonds. The minimum absolute atomic E-state index is 0.0385. The maximum atomic E-state index is 12.9. The summed E-state index contributed by atoms with van der Waals surface area (Å²) in [5.74, 6) is 0.0114. The molecule has 1 aliphatic heterocycles. The van der Waals surface area contributed by atoms with Crippen LogP contribution in [0, 0.1) is 0 Å². The highest BCUT2D eigenvalue weighted by atomic mass is 32.1. The lowest BCUT2D eigenvalue weighted by Gasteiger charge is -2.24. The molecule has 1 aromatic heterocycles. The first-order valence-corrected chi connectivity index (χ1v) is 11.3. The Balaban J connectivity index is 1.70. The van der Waals surface area contributed by atoms with Crippen LogP contribution < -0.4 is 4.74 Å². The first-order chi connectivity index (χ1) is 15.5. The number of hydrogen-bond acceptors (Lipinski definition) is 7. The fourth-order valence-electron chi connectivity index (χ4n) is 3.47. The van der Waals surface area contributed by atoms with E-state index >= 15 is 0 Å². The van der Waals surface area contributed by atoms with Crippen molar-refractivity contribution in [2.75, 3.05) is 40.4 Å². The van der Waals surface area contributed by atoms with Gasteiger partial charge >= 0.3 is 5.97 Å².